The number of aromatic nitrogens is 1. The first-order valence-corrected chi connectivity index (χ1v) is 11.3. The topological polar surface area (TPSA) is 45.6 Å². The summed E-state index contributed by atoms with van der Waals surface area (Å²) in [7, 11) is 0. The van der Waals surface area contributed by atoms with Crippen molar-refractivity contribution in [2.75, 3.05) is 9.80 Å². The van der Waals surface area contributed by atoms with E-state index in [0.717, 1.165) is 17.1 Å². The lowest BCUT2D eigenvalue weighted by Gasteiger charge is -2.36. The van der Waals surface area contributed by atoms with Gasteiger partial charge in [0.05, 0.1) is 11.4 Å². The van der Waals surface area contributed by atoms with Crippen LogP contribution in [0.2, 0.25) is 0 Å². The number of carbonyl (C=O) groups is 2. The number of aryl methyl sites for hydroxylation is 1. The number of nitrogens with zero attached hydrogens (tertiary/aromatic N) is 3. The minimum absolute atomic E-state index is 0.0385. The molecule has 1 fully saturated rings. The van der Waals surface area contributed by atoms with Gasteiger partial charge in [-0.25, -0.2) is 0 Å². The Balaban J connectivity index is 1.68. The molecule has 34 heavy (non-hydrogen) atoms. The molecule has 1 aliphatic rings. The first-order chi connectivity index (χ1) is 16.6. The summed E-state index contributed by atoms with van der Waals surface area (Å²) in [6, 6.07) is 32.0. The van der Waals surface area contributed by atoms with Crippen LogP contribution in [0.1, 0.15) is 11.4 Å². The van der Waals surface area contributed by atoms with E-state index in [-0.39, 0.29) is 10.7 Å². The number of hydrogen-bond donors (Lipinski definition) is 0. The minimum atomic E-state index is -0.452. The van der Waals surface area contributed by atoms with Gasteiger partial charge in [0.25, 0.3) is 11.8 Å². The van der Waals surface area contributed by atoms with E-state index >= 15 is 0 Å². The lowest BCUT2D eigenvalue weighted by atomic mass is 10.1. The molecule has 0 spiro atoms. The van der Waals surface area contributed by atoms with Gasteiger partial charge in [0.1, 0.15) is 5.57 Å². The Morgan fingerprint density at radius 1 is 0.618 bits per heavy atom. The van der Waals surface area contributed by atoms with Crippen LogP contribution < -0.4 is 9.80 Å². The number of para-hydroxylation sites is 3. The Bertz CT molecular complexity index is 1350. The van der Waals surface area contributed by atoms with Gasteiger partial charge in [-0.05, 0) is 73.7 Å². The number of anilines is 2. The zero-order chi connectivity index (χ0) is 23.7. The molecule has 1 saturated heterocycles. The van der Waals surface area contributed by atoms with E-state index in [1.807, 2.05) is 90.4 Å². The van der Waals surface area contributed by atoms with Crippen molar-refractivity contribution in [3.8, 4) is 5.69 Å². The van der Waals surface area contributed by atoms with Crippen LogP contribution in [0.4, 0.5) is 11.4 Å². The summed E-state index contributed by atoms with van der Waals surface area (Å²) in [5.41, 5.74) is 3.91. The van der Waals surface area contributed by atoms with Gasteiger partial charge >= 0.3 is 0 Å². The second-order valence-electron chi connectivity index (χ2n) is 7.86. The van der Waals surface area contributed by atoms with E-state index < -0.39 is 11.8 Å². The smallest absolute Gasteiger partial charge is 0.270 e. The van der Waals surface area contributed by atoms with Crippen molar-refractivity contribution in [3.05, 3.63) is 120 Å². The number of thiocarbonyl (C=S) groups is 1. The van der Waals surface area contributed by atoms with Crippen molar-refractivity contribution in [1.29, 1.82) is 0 Å². The molecule has 0 atom stereocenters. The van der Waals surface area contributed by atoms with Crippen LogP contribution in [0.15, 0.2) is 109 Å². The van der Waals surface area contributed by atoms with Crippen molar-refractivity contribution in [1.82, 2.24) is 4.57 Å². The van der Waals surface area contributed by atoms with Crippen molar-refractivity contribution in [2.24, 2.45) is 0 Å². The van der Waals surface area contributed by atoms with Crippen LogP contribution in [-0.4, -0.2) is 21.5 Å². The fourth-order valence-corrected chi connectivity index (χ4v) is 4.46. The van der Waals surface area contributed by atoms with Crippen LogP contribution in [0, 0.1) is 6.92 Å². The van der Waals surface area contributed by atoms with Crippen LogP contribution in [0.3, 0.4) is 0 Å². The highest BCUT2D eigenvalue weighted by Crippen LogP contribution is 2.30. The largest absolute Gasteiger partial charge is 0.314 e. The van der Waals surface area contributed by atoms with Gasteiger partial charge in [0.2, 0.25) is 0 Å². The number of hydrogen-bond acceptors (Lipinski definition) is 3. The van der Waals surface area contributed by atoms with Gasteiger partial charge in [-0.2, -0.15) is 0 Å². The van der Waals surface area contributed by atoms with Crippen LogP contribution in [0.5, 0.6) is 0 Å². The zero-order valence-electron chi connectivity index (χ0n) is 18.5. The van der Waals surface area contributed by atoms with Crippen molar-refractivity contribution >= 4 is 46.6 Å². The quantitative estimate of drug-likeness (QED) is 0.227. The van der Waals surface area contributed by atoms with Crippen LogP contribution >= 0.6 is 12.2 Å². The van der Waals surface area contributed by atoms with E-state index in [1.165, 1.54) is 9.80 Å². The molecule has 2 amide bonds. The summed E-state index contributed by atoms with van der Waals surface area (Å²) in [6.45, 7) is 1.99. The fraction of sp³-hybridized carbons (Fsp3) is 0.0357. The van der Waals surface area contributed by atoms with E-state index in [4.69, 9.17) is 12.2 Å². The number of amides is 2. The fourth-order valence-electron chi connectivity index (χ4n) is 4.09. The Morgan fingerprint density at radius 2 is 1.06 bits per heavy atom. The lowest BCUT2D eigenvalue weighted by Crippen LogP contribution is -2.56. The zero-order valence-corrected chi connectivity index (χ0v) is 19.3. The molecule has 5 nitrogen and oxygen atoms in total. The van der Waals surface area contributed by atoms with Crippen LogP contribution in [-0.2, 0) is 9.59 Å². The SMILES string of the molecule is Cc1ccc(C=C2C(=O)N(c3ccccc3)C(=S)N(c3ccccc3)C2=O)n1-c1ccccc1. The average Bonchev–Trinajstić information content (AvgIpc) is 3.23. The van der Waals surface area contributed by atoms with Crippen molar-refractivity contribution in [2.45, 2.75) is 6.92 Å². The van der Waals surface area contributed by atoms with E-state index in [1.54, 1.807) is 30.3 Å². The summed E-state index contributed by atoms with van der Waals surface area (Å²) in [5.74, 6) is -0.904. The van der Waals surface area contributed by atoms with E-state index in [0.29, 0.717) is 11.4 Å². The summed E-state index contributed by atoms with van der Waals surface area (Å²) >= 11 is 5.67. The molecule has 0 bridgehead atoms. The summed E-state index contributed by atoms with van der Waals surface area (Å²) in [4.78, 5) is 30.2. The van der Waals surface area contributed by atoms with E-state index in [9.17, 15) is 9.59 Å². The molecule has 0 saturated carbocycles. The molecule has 1 aliphatic heterocycles. The molecular weight excluding hydrogens is 442 g/mol. The van der Waals surface area contributed by atoms with Gasteiger partial charge < -0.3 is 4.57 Å². The van der Waals surface area contributed by atoms with Gasteiger partial charge in [0, 0.05) is 17.1 Å². The third kappa shape index (κ3) is 3.74. The Labute approximate surface area is 203 Å². The molecule has 2 heterocycles. The van der Waals surface area contributed by atoms with Gasteiger partial charge in [-0.3, -0.25) is 19.4 Å². The van der Waals surface area contributed by atoms with Crippen molar-refractivity contribution < 1.29 is 9.59 Å². The summed E-state index contributed by atoms with van der Waals surface area (Å²) in [6.07, 6.45) is 1.65. The van der Waals surface area contributed by atoms with Crippen molar-refractivity contribution in [3.63, 3.8) is 0 Å². The standard InChI is InChI=1S/C28H21N3O2S/c1-20-17-18-24(29(20)21-11-5-2-6-12-21)19-25-26(32)30(22-13-7-3-8-14-22)28(34)31(27(25)33)23-15-9-4-10-16-23/h2-19H,1H3. The minimum Gasteiger partial charge on any atom is -0.314 e. The molecule has 1 aromatic heterocycles. The molecule has 3 aromatic carbocycles. The summed E-state index contributed by atoms with van der Waals surface area (Å²) < 4.78 is 2.01. The molecule has 0 aliphatic carbocycles. The van der Waals surface area contributed by atoms with Gasteiger partial charge in [-0.15, -0.1) is 0 Å². The highest BCUT2D eigenvalue weighted by molar-refractivity contribution is 7.81. The number of rotatable bonds is 4. The third-order valence-electron chi connectivity index (χ3n) is 5.69. The maximum absolute atomic E-state index is 13.7. The molecule has 5 rings (SSSR count). The second kappa shape index (κ2) is 8.92. The molecule has 0 N–H and O–H groups in total. The Morgan fingerprint density at radius 3 is 1.53 bits per heavy atom. The Hall–Kier alpha value is -4.29. The lowest BCUT2D eigenvalue weighted by molar-refractivity contribution is -0.120. The maximum atomic E-state index is 13.7. The Kier molecular flexibility index (Phi) is 5.65. The predicted molar refractivity (Wildman–Crippen MR) is 139 cm³/mol. The molecule has 166 valence electrons. The highest BCUT2D eigenvalue weighted by atomic mass is 32.1. The van der Waals surface area contributed by atoms with Crippen LogP contribution in [0.25, 0.3) is 11.8 Å². The molecule has 4 aromatic rings. The van der Waals surface area contributed by atoms with Gasteiger partial charge in [-0.1, -0.05) is 54.6 Å². The maximum Gasteiger partial charge on any atom is 0.270 e. The number of carbonyl (C=O) groups excluding carboxylic acids is 2. The summed E-state index contributed by atoms with van der Waals surface area (Å²) in [5, 5.41) is 0.124. The average molecular weight is 464 g/mol. The first kappa shape index (κ1) is 21.6. The monoisotopic (exact) mass is 463 g/mol. The molecular formula is C28H21N3O2S. The number of benzene rings is 3. The molecule has 6 heteroatoms. The highest BCUT2D eigenvalue weighted by Gasteiger charge is 2.41. The normalized spacial score (nSPS) is 14.0. The third-order valence-corrected chi connectivity index (χ3v) is 6.06. The van der Waals surface area contributed by atoms with Gasteiger partial charge in [0.15, 0.2) is 5.11 Å². The molecule has 0 radical (unpaired) electrons. The second-order valence-corrected chi connectivity index (χ2v) is 8.23. The predicted octanol–water partition coefficient (Wildman–Crippen LogP) is 5.53. The first-order valence-electron chi connectivity index (χ1n) is 10.8. The molecule has 0 unspecified atom stereocenters. The van der Waals surface area contributed by atoms with E-state index in [2.05, 4.69) is 0 Å².